The second-order valence-corrected chi connectivity index (χ2v) is 3.19. The first-order valence-corrected chi connectivity index (χ1v) is 4.70. The third kappa shape index (κ3) is 2.20. The summed E-state index contributed by atoms with van der Waals surface area (Å²) in [4.78, 5) is 15.4. The van der Waals surface area contributed by atoms with Gasteiger partial charge in [-0.1, -0.05) is 0 Å². The van der Waals surface area contributed by atoms with Gasteiger partial charge in [0.25, 0.3) is 5.91 Å². The highest BCUT2D eigenvalue weighted by Crippen LogP contribution is 2.12. The van der Waals surface area contributed by atoms with E-state index in [4.69, 9.17) is 4.42 Å². The minimum atomic E-state index is -0.417. The van der Waals surface area contributed by atoms with Gasteiger partial charge in [-0.2, -0.15) is 0 Å². The summed E-state index contributed by atoms with van der Waals surface area (Å²) in [5.74, 6) is -0.550. The minimum absolute atomic E-state index is 0.0194. The van der Waals surface area contributed by atoms with E-state index < -0.39 is 5.91 Å². The topological polar surface area (TPSA) is 75.4 Å². The zero-order chi connectivity index (χ0) is 11.4. The van der Waals surface area contributed by atoms with Gasteiger partial charge in [0, 0.05) is 18.3 Å². The summed E-state index contributed by atoms with van der Waals surface area (Å²) in [6.07, 6.45) is 4.52. The summed E-state index contributed by atoms with van der Waals surface area (Å²) in [5, 5.41) is 12.0. The maximum atomic E-state index is 11.6. The van der Waals surface area contributed by atoms with Crippen molar-refractivity contribution in [2.75, 3.05) is 0 Å². The fourth-order valence-electron chi connectivity index (χ4n) is 1.23. The lowest BCUT2D eigenvalue weighted by Gasteiger charge is -2.03. The van der Waals surface area contributed by atoms with E-state index in [2.05, 4.69) is 10.3 Å². The maximum absolute atomic E-state index is 11.6. The van der Waals surface area contributed by atoms with Gasteiger partial charge in [-0.05, 0) is 18.2 Å². The van der Waals surface area contributed by atoms with Crippen molar-refractivity contribution in [3.63, 3.8) is 0 Å². The molecule has 16 heavy (non-hydrogen) atoms. The number of hydrogen-bond donors (Lipinski definition) is 2. The molecule has 2 aromatic rings. The molecule has 0 spiro atoms. The van der Waals surface area contributed by atoms with Crippen LogP contribution in [0.4, 0.5) is 0 Å². The highest BCUT2D eigenvalue weighted by atomic mass is 16.3. The van der Waals surface area contributed by atoms with Gasteiger partial charge in [0.2, 0.25) is 0 Å². The van der Waals surface area contributed by atoms with E-state index in [0.29, 0.717) is 6.54 Å². The van der Waals surface area contributed by atoms with Crippen LogP contribution in [0.5, 0.6) is 5.75 Å². The van der Waals surface area contributed by atoms with E-state index in [1.807, 2.05) is 0 Å². The number of nitrogens with one attached hydrogen (secondary N) is 1. The number of aromatic nitrogens is 1. The molecule has 0 atom stereocenters. The Morgan fingerprint density at radius 3 is 3.06 bits per heavy atom. The molecular weight excluding hydrogens is 208 g/mol. The largest absolute Gasteiger partial charge is 0.505 e. The van der Waals surface area contributed by atoms with E-state index >= 15 is 0 Å². The molecule has 0 aromatic carbocycles. The van der Waals surface area contributed by atoms with Crippen LogP contribution in [0.15, 0.2) is 41.3 Å². The Morgan fingerprint density at radius 1 is 1.50 bits per heavy atom. The van der Waals surface area contributed by atoms with Crippen LogP contribution in [0.1, 0.15) is 16.1 Å². The quantitative estimate of drug-likeness (QED) is 0.814. The number of aromatic hydroxyl groups is 1. The predicted octanol–water partition coefficient (Wildman–Crippen LogP) is 1.31. The van der Waals surface area contributed by atoms with Crippen LogP contribution < -0.4 is 5.32 Å². The molecule has 5 nitrogen and oxygen atoms in total. The number of pyridine rings is 1. The molecule has 2 aromatic heterocycles. The van der Waals surface area contributed by atoms with E-state index in [1.165, 1.54) is 18.5 Å². The molecule has 0 radical (unpaired) electrons. The number of rotatable bonds is 3. The molecule has 5 heteroatoms. The molecule has 82 valence electrons. The van der Waals surface area contributed by atoms with E-state index in [-0.39, 0.29) is 11.4 Å². The SMILES string of the molecule is O=C(NCc1ccoc1)c1ncccc1O. The van der Waals surface area contributed by atoms with Gasteiger partial charge < -0.3 is 14.8 Å². The first-order valence-electron chi connectivity index (χ1n) is 4.70. The summed E-state index contributed by atoms with van der Waals surface area (Å²) in [6, 6.07) is 4.72. The zero-order valence-electron chi connectivity index (χ0n) is 8.38. The fourth-order valence-corrected chi connectivity index (χ4v) is 1.23. The lowest BCUT2D eigenvalue weighted by atomic mass is 10.3. The Balaban J connectivity index is 2.01. The van der Waals surface area contributed by atoms with Gasteiger partial charge in [0.1, 0.15) is 5.75 Å². The number of amides is 1. The molecule has 0 aliphatic carbocycles. The second-order valence-electron chi connectivity index (χ2n) is 3.19. The van der Waals surface area contributed by atoms with Gasteiger partial charge in [-0.25, -0.2) is 4.98 Å². The van der Waals surface area contributed by atoms with Crippen molar-refractivity contribution in [1.29, 1.82) is 0 Å². The first-order chi connectivity index (χ1) is 7.77. The number of carbonyl (C=O) groups excluding carboxylic acids is 1. The minimum Gasteiger partial charge on any atom is -0.505 e. The summed E-state index contributed by atoms with van der Waals surface area (Å²) in [7, 11) is 0. The fraction of sp³-hybridized carbons (Fsp3) is 0.0909. The van der Waals surface area contributed by atoms with Crippen molar-refractivity contribution < 1.29 is 14.3 Å². The molecule has 2 rings (SSSR count). The third-order valence-corrected chi connectivity index (χ3v) is 2.03. The first kappa shape index (κ1) is 10.2. The monoisotopic (exact) mass is 218 g/mol. The number of carbonyl (C=O) groups is 1. The van der Waals surface area contributed by atoms with Crippen molar-refractivity contribution in [1.82, 2.24) is 10.3 Å². The molecule has 0 bridgehead atoms. The molecule has 0 saturated heterocycles. The highest BCUT2D eigenvalue weighted by molar-refractivity contribution is 5.94. The van der Waals surface area contributed by atoms with Gasteiger partial charge in [-0.3, -0.25) is 4.79 Å². The summed E-state index contributed by atoms with van der Waals surface area (Å²) < 4.78 is 4.86. The lowest BCUT2D eigenvalue weighted by Crippen LogP contribution is -2.23. The molecule has 2 N–H and O–H groups in total. The Labute approximate surface area is 91.7 Å². The van der Waals surface area contributed by atoms with Crippen LogP contribution in [0.25, 0.3) is 0 Å². The lowest BCUT2D eigenvalue weighted by molar-refractivity contribution is 0.0943. The summed E-state index contributed by atoms with van der Waals surface area (Å²) in [6.45, 7) is 0.339. The Kier molecular flexibility index (Phi) is 2.86. The molecule has 0 fully saturated rings. The third-order valence-electron chi connectivity index (χ3n) is 2.03. The molecule has 0 aliphatic rings. The summed E-state index contributed by atoms with van der Waals surface area (Å²) in [5.41, 5.74) is 0.870. The van der Waals surface area contributed by atoms with E-state index in [9.17, 15) is 9.90 Å². The van der Waals surface area contributed by atoms with Crippen molar-refractivity contribution in [2.45, 2.75) is 6.54 Å². The molecule has 2 heterocycles. The summed E-state index contributed by atoms with van der Waals surface area (Å²) >= 11 is 0. The standard InChI is InChI=1S/C11H10N2O3/c14-9-2-1-4-12-10(9)11(15)13-6-8-3-5-16-7-8/h1-5,7,14H,6H2,(H,13,15). The Bertz CT molecular complexity index is 480. The van der Waals surface area contributed by atoms with Gasteiger partial charge in [0.15, 0.2) is 5.69 Å². The Hall–Kier alpha value is -2.30. The molecular formula is C11H10N2O3. The molecule has 0 saturated carbocycles. The van der Waals surface area contributed by atoms with Crippen LogP contribution in [0, 0.1) is 0 Å². The van der Waals surface area contributed by atoms with Crippen molar-refractivity contribution >= 4 is 5.91 Å². The van der Waals surface area contributed by atoms with Crippen molar-refractivity contribution in [3.05, 3.63) is 48.2 Å². The van der Waals surface area contributed by atoms with Crippen molar-refractivity contribution in [2.24, 2.45) is 0 Å². The maximum Gasteiger partial charge on any atom is 0.274 e. The normalized spacial score (nSPS) is 10.0. The average Bonchev–Trinajstić information content (AvgIpc) is 2.79. The van der Waals surface area contributed by atoms with E-state index in [0.717, 1.165) is 5.56 Å². The van der Waals surface area contributed by atoms with Crippen molar-refractivity contribution in [3.8, 4) is 5.75 Å². The molecule has 0 aliphatic heterocycles. The van der Waals surface area contributed by atoms with Crippen LogP contribution in [-0.4, -0.2) is 16.0 Å². The molecule has 0 unspecified atom stereocenters. The van der Waals surface area contributed by atoms with Crippen LogP contribution in [0.2, 0.25) is 0 Å². The number of hydrogen-bond acceptors (Lipinski definition) is 4. The van der Waals surface area contributed by atoms with Crippen LogP contribution in [0.3, 0.4) is 0 Å². The van der Waals surface area contributed by atoms with Crippen LogP contribution in [-0.2, 0) is 6.54 Å². The Morgan fingerprint density at radius 2 is 2.38 bits per heavy atom. The number of furan rings is 1. The van der Waals surface area contributed by atoms with Gasteiger partial charge in [-0.15, -0.1) is 0 Å². The van der Waals surface area contributed by atoms with Gasteiger partial charge >= 0.3 is 0 Å². The highest BCUT2D eigenvalue weighted by Gasteiger charge is 2.11. The van der Waals surface area contributed by atoms with Crippen LogP contribution >= 0.6 is 0 Å². The predicted molar refractivity (Wildman–Crippen MR) is 55.8 cm³/mol. The average molecular weight is 218 g/mol. The number of nitrogens with zero attached hydrogens (tertiary/aromatic N) is 1. The zero-order valence-corrected chi connectivity index (χ0v) is 8.38. The smallest absolute Gasteiger partial charge is 0.274 e. The molecule has 1 amide bonds. The van der Waals surface area contributed by atoms with E-state index in [1.54, 1.807) is 18.4 Å². The second kappa shape index (κ2) is 4.48. The van der Waals surface area contributed by atoms with Gasteiger partial charge in [0.05, 0.1) is 12.5 Å².